The number of rotatable bonds is 5. The minimum atomic E-state index is 0.866. The third-order valence-electron chi connectivity index (χ3n) is 2.69. The molecule has 70 valence electrons. The van der Waals surface area contributed by atoms with Crippen LogP contribution in [-0.2, 0) is 0 Å². The zero-order valence-corrected chi connectivity index (χ0v) is 7.97. The monoisotopic (exact) mass is 167 g/mol. The Kier molecular flexibility index (Phi) is 5.09. The summed E-state index contributed by atoms with van der Waals surface area (Å²) in [6.07, 6.45) is 14.1. The van der Waals surface area contributed by atoms with E-state index in [9.17, 15) is 0 Å². The molecule has 0 aromatic rings. The van der Waals surface area contributed by atoms with Gasteiger partial charge < -0.3 is 5.73 Å². The van der Waals surface area contributed by atoms with Crippen LogP contribution in [0.25, 0.3) is 0 Å². The second-order valence-electron chi connectivity index (χ2n) is 3.79. The molecule has 1 aliphatic carbocycles. The normalized spacial score (nSPS) is 22.9. The van der Waals surface area contributed by atoms with Gasteiger partial charge in [0.25, 0.3) is 0 Å². The van der Waals surface area contributed by atoms with E-state index < -0.39 is 0 Å². The van der Waals surface area contributed by atoms with Gasteiger partial charge in [-0.15, -0.1) is 0 Å². The first-order valence-corrected chi connectivity index (χ1v) is 5.28. The molecule has 0 aromatic heterocycles. The van der Waals surface area contributed by atoms with Gasteiger partial charge in [-0.1, -0.05) is 31.4 Å². The van der Waals surface area contributed by atoms with Crippen molar-refractivity contribution in [3.63, 3.8) is 0 Å². The Morgan fingerprint density at radius 3 is 2.75 bits per heavy atom. The SMILES string of the molecule is NCCCCCC1CC=CCC1. The van der Waals surface area contributed by atoms with E-state index in [0.29, 0.717) is 0 Å². The molecule has 0 saturated heterocycles. The fourth-order valence-electron chi connectivity index (χ4n) is 1.87. The maximum atomic E-state index is 5.44. The van der Waals surface area contributed by atoms with E-state index in [-0.39, 0.29) is 0 Å². The topological polar surface area (TPSA) is 26.0 Å². The van der Waals surface area contributed by atoms with Gasteiger partial charge >= 0.3 is 0 Å². The van der Waals surface area contributed by atoms with Crippen molar-refractivity contribution in [3.05, 3.63) is 12.2 Å². The van der Waals surface area contributed by atoms with E-state index in [1.165, 1.54) is 44.9 Å². The number of allylic oxidation sites excluding steroid dienone is 2. The molecule has 0 fully saturated rings. The van der Waals surface area contributed by atoms with Gasteiger partial charge in [-0.2, -0.15) is 0 Å². The van der Waals surface area contributed by atoms with Crippen LogP contribution in [0.4, 0.5) is 0 Å². The summed E-state index contributed by atoms with van der Waals surface area (Å²) in [6.45, 7) is 0.866. The van der Waals surface area contributed by atoms with Crippen molar-refractivity contribution in [1.82, 2.24) is 0 Å². The van der Waals surface area contributed by atoms with Crippen LogP contribution in [0, 0.1) is 5.92 Å². The van der Waals surface area contributed by atoms with Crippen LogP contribution in [0.5, 0.6) is 0 Å². The number of hydrogen-bond acceptors (Lipinski definition) is 1. The zero-order valence-electron chi connectivity index (χ0n) is 7.97. The number of hydrogen-bond donors (Lipinski definition) is 1. The van der Waals surface area contributed by atoms with Gasteiger partial charge in [-0.05, 0) is 38.1 Å². The molecule has 0 aliphatic heterocycles. The molecule has 0 radical (unpaired) electrons. The molecule has 0 saturated carbocycles. The van der Waals surface area contributed by atoms with Gasteiger partial charge in [0, 0.05) is 0 Å². The number of nitrogens with two attached hydrogens (primary N) is 1. The van der Waals surface area contributed by atoms with Crippen LogP contribution in [0.1, 0.15) is 44.9 Å². The summed E-state index contributed by atoms with van der Waals surface area (Å²) in [5.74, 6) is 0.979. The maximum absolute atomic E-state index is 5.44. The summed E-state index contributed by atoms with van der Waals surface area (Å²) in [4.78, 5) is 0. The van der Waals surface area contributed by atoms with Gasteiger partial charge in [-0.3, -0.25) is 0 Å². The average Bonchev–Trinajstić information content (AvgIpc) is 2.14. The summed E-state index contributed by atoms with van der Waals surface area (Å²) in [6, 6.07) is 0. The molecule has 1 unspecified atom stereocenters. The van der Waals surface area contributed by atoms with Crippen molar-refractivity contribution >= 4 is 0 Å². The van der Waals surface area contributed by atoms with Crippen molar-refractivity contribution in [1.29, 1.82) is 0 Å². The van der Waals surface area contributed by atoms with Crippen LogP contribution in [0.15, 0.2) is 12.2 Å². The van der Waals surface area contributed by atoms with Crippen molar-refractivity contribution in [3.8, 4) is 0 Å². The third-order valence-corrected chi connectivity index (χ3v) is 2.69. The molecule has 0 amide bonds. The summed E-state index contributed by atoms with van der Waals surface area (Å²) < 4.78 is 0. The molecule has 1 atom stereocenters. The standard InChI is InChI=1S/C11H21N/c12-10-6-2-5-9-11-7-3-1-4-8-11/h1,3,11H,2,4-10,12H2. The van der Waals surface area contributed by atoms with E-state index >= 15 is 0 Å². The Morgan fingerprint density at radius 1 is 1.17 bits per heavy atom. The predicted molar refractivity (Wildman–Crippen MR) is 54.0 cm³/mol. The van der Waals surface area contributed by atoms with Crippen LogP contribution in [-0.4, -0.2) is 6.54 Å². The Balaban J connectivity index is 1.95. The average molecular weight is 167 g/mol. The first-order chi connectivity index (χ1) is 5.93. The summed E-state index contributed by atoms with van der Waals surface area (Å²) in [7, 11) is 0. The van der Waals surface area contributed by atoms with Crippen molar-refractivity contribution in [2.75, 3.05) is 6.54 Å². The first-order valence-electron chi connectivity index (χ1n) is 5.28. The van der Waals surface area contributed by atoms with E-state index in [2.05, 4.69) is 12.2 Å². The minimum Gasteiger partial charge on any atom is -0.330 e. The highest BCUT2D eigenvalue weighted by Gasteiger charge is 2.08. The highest BCUT2D eigenvalue weighted by atomic mass is 14.5. The number of unbranched alkanes of at least 4 members (excludes halogenated alkanes) is 2. The predicted octanol–water partition coefficient (Wildman–Crippen LogP) is 2.86. The van der Waals surface area contributed by atoms with Crippen LogP contribution < -0.4 is 5.73 Å². The largest absolute Gasteiger partial charge is 0.330 e. The molecular formula is C11H21N. The van der Waals surface area contributed by atoms with Crippen molar-refractivity contribution < 1.29 is 0 Å². The maximum Gasteiger partial charge on any atom is -0.00773 e. The summed E-state index contributed by atoms with van der Waals surface area (Å²) >= 11 is 0. The van der Waals surface area contributed by atoms with Gasteiger partial charge in [0.15, 0.2) is 0 Å². The van der Waals surface area contributed by atoms with E-state index in [1.807, 2.05) is 0 Å². The van der Waals surface area contributed by atoms with Crippen LogP contribution >= 0.6 is 0 Å². The van der Waals surface area contributed by atoms with Gasteiger partial charge in [0.1, 0.15) is 0 Å². The summed E-state index contributed by atoms with van der Waals surface area (Å²) in [5, 5.41) is 0. The minimum absolute atomic E-state index is 0.866. The molecular weight excluding hydrogens is 146 g/mol. The molecule has 2 N–H and O–H groups in total. The fraction of sp³-hybridized carbons (Fsp3) is 0.818. The second-order valence-corrected chi connectivity index (χ2v) is 3.79. The van der Waals surface area contributed by atoms with Crippen molar-refractivity contribution in [2.45, 2.75) is 44.9 Å². The Morgan fingerprint density at radius 2 is 2.08 bits per heavy atom. The second kappa shape index (κ2) is 6.24. The lowest BCUT2D eigenvalue weighted by Gasteiger charge is -2.16. The van der Waals surface area contributed by atoms with E-state index in [1.54, 1.807) is 0 Å². The zero-order chi connectivity index (χ0) is 8.65. The molecule has 0 spiro atoms. The Hall–Kier alpha value is -0.300. The fourth-order valence-corrected chi connectivity index (χ4v) is 1.87. The van der Waals surface area contributed by atoms with Crippen molar-refractivity contribution in [2.24, 2.45) is 11.7 Å². The van der Waals surface area contributed by atoms with E-state index in [0.717, 1.165) is 12.5 Å². The lowest BCUT2D eigenvalue weighted by molar-refractivity contribution is 0.423. The molecule has 1 nitrogen and oxygen atoms in total. The lowest BCUT2D eigenvalue weighted by atomic mass is 9.89. The van der Waals surface area contributed by atoms with Crippen LogP contribution in [0.2, 0.25) is 0 Å². The lowest BCUT2D eigenvalue weighted by Crippen LogP contribution is -2.03. The van der Waals surface area contributed by atoms with Gasteiger partial charge in [-0.25, -0.2) is 0 Å². The highest BCUT2D eigenvalue weighted by molar-refractivity contribution is 4.89. The molecule has 0 heterocycles. The van der Waals surface area contributed by atoms with Gasteiger partial charge in [0.05, 0.1) is 0 Å². The first kappa shape index (κ1) is 9.79. The van der Waals surface area contributed by atoms with Crippen LogP contribution in [0.3, 0.4) is 0 Å². The van der Waals surface area contributed by atoms with Gasteiger partial charge in [0.2, 0.25) is 0 Å². The smallest absolute Gasteiger partial charge is 0.00773 e. The molecule has 1 heteroatoms. The third kappa shape index (κ3) is 3.91. The molecule has 1 rings (SSSR count). The molecule has 1 aliphatic rings. The van der Waals surface area contributed by atoms with E-state index in [4.69, 9.17) is 5.73 Å². The molecule has 0 aromatic carbocycles. The molecule has 0 bridgehead atoms. The highest BCUT2D eigenvalue weighted by Crippen LogP contribution is 2.23. The Bertz CT molecular complexity index is 129. The molecule has 12 heavy (non-hydrogen) atoms. The Labute approximate surface area is 76.0 Å². The quantitative estimate of drug-likeness (QED) is 0.494. The summed E-state index contributed by atoms with van der Waals surface area (Å²) in [5.41, 5.74) is 5.44.